The first-order valence-corrected chi connectivity index (χ1v) is 8.63. The summed E-state index contributed by atoms with van der Waals surface area (Å²) in [5.74, 6) is 0.425. The first kappa shape index (κ1) is 13.8. The second-order valence-electron chi connectivity index (χ2n) is 5.19. The van der Waals surface area contributed by atoms with Gasteiger partial charge in [0, 0.05) is 13.1 Å². The van der Waals surface area contributed by atoms with E-state index >= 15 is 0 Å². The molecule has 0 radical (unpaired) electrons. The summed E-state index contributed by atoms with van der Waals surface area (Å²) in [4.78, 5) is 14.1. The molecule has 2 saturated heterocycles. The van der Waals surface area contributed by atoms with Crippen LogP contribution in [0.5, 0.6) is 0 Å². The molecule has 2 aliphatic heterocycles. The van der Waals surface area contributed by atoms with Crippen molar-refractivity contribution >= 4 is 15.7 Å². The van der Waals surface area contributed by atoms with E-state index in [0.29, 0.717) is 19.5 Å². The standard InChI is InChI=1S/C12H22N2O3S/c15-12(11-5-2-1-3-6-13-11)14-7-4-9-18(16,17)10-8-14/h11,13H,1-10H2. The predicted molar refractivity (Wildman–Crippen MR) is 70.1 cm³/mol. The molecule has 6 heteroatoms. The summed E-state index contributed by atoms with van der Waals surface area (Å²) < 4.78 is 23.0. The SMILES string of the molecule is O=C(C1CCCCCN1)N1CCCS(=O)(=O)CC1. The van der Waals surface area contributed by atoms with Crippen LogP contribution in [0, 0.1) is 0 Å². The van der Waals surface area contributed by atoms with Crippen molar-refractivity contribution in [3.8, 4) is 0 Å². The average Bonchev–Trinajstić information content (AvgIpc) is 2.68. The normalized spacial score (nSPS) is 29.3. The molecular formula is C12H22N2O3S. The van der Waals surface area contributed by atoms with Crippen molar-refractivity contribution in [3.63, 3.8) is 0 Å². The lowest BCUT2D eigenvalue weighted by Gasteiger charge is -2.25. The van der Waals surface area contributed by atoms with Crippen molar-refractivity contribution < 1.29 is 13.2 Å². The van der Waals surface area contributed by atoms with Gasteiger partial charge in [-0.1, -0.05) is 12.8 Å². The van der Waals surface area contributed by atoms with Crippen molar-refractivity contribution in [2.45, 2.75) is 38.1 Å². The number of nitrogens with one attached hydrogen (secondary N) is 1. The average molecular weight is 274 g/mol. The van der Waals surface area contributed by atoms with E-state index in [9.17, 15) is 13.2 Å². The van der Waals surface area contributed by atoms with Gasteiger partial charge in [0.05, 0.1) is 17.5 Å². The minimum absolute atomic E-state index is 0.0917. The first-order chi connectivity index (χ1) is 8.58. The van der Waals surface area contributed by atoms with Crippen LogP contribution in [-0.4, -0.2) is 56.4 Å². The Morgan fingerprint density at radius 3 is 2.72 bits per heavy atom. The van der Waals surface area contributed by atoms with Crippen LogP contribution in [0.25, 0.3) is 0 Å². The minimum Gasteiger partial charge on any atom is -0.340 e. The van der Waals surface area contributed by atoms with Gasteiger partial charge in [0.25, 0.3) is 0 Å². The molecule has 18 heavy (non-hydrogen) atoms. The summed E-state index contributed by atoms with van der Waals surface area (Å²) in [7, 11) is -2.94. The van der Waals surface area contributed by atoms with Crippen LogP contribution in [-0.2, 0) is 14.6 Å². The predicted octanol–water partition coefficient (Wildman–Crippen LogP) is 0.166. The third-order valence-corrected chi connectivity index (χ3v) is 5.44. The zero-order valence-corrected chi connectivity index (χ0v) is 11.5. The molecule has 5 nitrogen and oxygen atoms in total. The van der Waals surface area contributed by atoms with Crippen LogP contribution in [0.3, 0.4) is 0 Å². The topological polar surface area (TPSA) is 66.5 Å². The van der Waals surface area contributed by atoms with Crippen LogP contribution < -0.4 is 5.32 Å². The second-order valence-corrected chi connectivity index (χ2v) is 7.49. The molecule has 0 bridgehead atoms. The summed E-state index contributed by atoms with van der Waals surface area (Å²) in [5, 5.41) is 3.28. The summed E-state index contributed by atoms with van der Waals surface area (Å²) >= 11 is 0. The van der Waals surface area contributed by atoms with E-state index in [1.165, 1.54) is 6.42 Å². The lowest BCUT2D eigenvalue weighted by molar-refractivity contribution is -0.133. The number of amides is 1. The maximum atomic E-state index is 12.3. The Morgan fingerprint density at radius 1 is 1.06 bits per heavy atom. The number of sulfone groups is 1. The lowest BCUT2D eigenvalue weighted by Crippen LogP contribution is -2.47. The molecule has 1 atom stereocenters. The molecule has 1 amide bonds. The summed E-state index contributed by atoms with van der Waals surface area (Å²) in [6.45, 7) is 1.83. The Bertz CT molecular complexity index is 386. The number of carbonyl (C=O) groups is 1. The Balaban J connectivity index is 1.95. The number of rotatable bonds is 1. The zero-order valence-electron chi connectivity index (χ0n) is 10.7. The fraction of sp³-hybridized carbons (Fsp3) is 0.917. The largest absolute Gasteiger partial charge is 0.340 e. The Labute approximate surface area is 109 Å². The van der Waals surface area contributed by atoms with Gasteiger partial charge in [0.15, 0.2) is 9.84 Å². The highest BCUT2D eigenvalue weighted by Gasteiger charge is 2.27. The third-order valence-electron chi connectivity index (χ3n) is 3.73. The fourth-order valence-corrected chi connectivity index (χ4v) is 3.89. The molecule has 1 N–H and O–H groups in total. The van der Waals surface area contributed by atoms with E-state index in [1.807, 2.05) is 0 Å². The molecule has 2 heterocycles. The van der Waals surface area contributed by atoms with Crippen molar-refractivity contribution in [3.05, 3.63) is 0 Å². The molecule has 0 spiro atoms. The quantitative estimate of drug-likeness (QED) is 0.740. The minimum atomic E-state index is -2.94. The fourth-order valence-electron chi connectivity index (χ4n) is 2.62. The molecular weight excluding hydrogens is 252 g/mol. The number of hydrogen-bond donors (Lipinski definition) is 1. The third kappa shape index (κ3) is 3.68. The highest BCUT2D eigenvalue weighted by molar-refractivity contribution is 7.91. The number of hydrogen-bond acceptors (Lipinski definition) is 4. The second kappa shape index (κ2) is 6.02. The van der Waals surface area contributed by atoms with Crippen molar-refractivity contribution in [1.29, 1.82) is 0 Å². The van der Waals surface area contributed by atoms with E-state index in [0.717, 1.165) is 25.8 Å². The molecule has 0 aromatic rings. The van der Waals surface area contributed by atoms with Crippen LogP contribution in [0.15, 0.2) is 0 Å². The van der Waals surface area contributed by atoms with Gasteiger partial charge in [-0.25, -0.2) is 8.42 Å². The van der Waals surface area contributed by atoms with E-state index < -0.39 is 9.84 Å². The molecule has 2 aliphatic rings. The van der Waals surface area contributed by atoms with Gasteiger partial charge < -0.3 is 10.2 Å². The molecule has 2 rings (SSSR count). The smallest absolute Gasteiger partial charge is 0.239 e. The van der Waals surface area contributed by atoms with Crippen LogP contribution in [0.4, 0.5) is 0 Å². The Morgan fingerprint density at radius 2 is 1.89 bits per heavy atom. The van der Waals surface area contributed by atoms with Gasteiger partial charge in [0.2, 0.25) is 5.91 Å². The molecule has 0 aliphatic carbocycles. The van der Waals surface area contributed by atoms with Gasteiger partial charge in [-0.3, -0.25) is 4.79 Å². The summed E-state index contributed by atoms with van der Waals surface area (Å²) in [5.41, 5.74) is 0. The Hall–Kier alpha value is -0.620. The zero-order chi connectivity index (χ0) is 13.0. The first-order valence-electron chi connectivity index (χ1n) is 6.81. The monoisotopic (exact) mass is 274 g/mol. The van der Waals surface area contributed by atoms with Crippen molar-refractivity contribution in [2.75, 3.05) is 31.1 Å². The molecule has 0 aromatic heterocycles. The van der Waals surface area contributed by atoms with Gasteiger partial charge in [0.1, 0.15) is 0 Å². The van der Waals surface area contributed by atoms with E-state index in [4.69, 9.17) is 0 Å². The molecule has 0 saturated carbocycles. The highest BCUT2D eigenvalue weighted by Crippen LogP contribution is 2.13. The van der Waals surface area contributed by atoms with E-state index in [2.05, 4.69) is 5.32 Å². The van der Waals surface area contributed by atoms with Crippen LogP contribution >= 0.6 is 0 Å². The van der Waals surface area contributed by atoms with Crippen LogP contribution in [0.2, 0.25) is 0 Å². The summed E-state index contributed by atoms with van der Waals surface area (Å²) in [6.07, 6.45) is 4.82. The van der Waals surface area contributed by atoms with Gasteiger partial charge >= 0.3 is 0 Å². The molecule has 104 valence electrons. The lowest BCUT2D eigenvalue weighted by atomic mass is 10.1. The highest BCUT2D eigenvalue weighted by atomic mass is 32.2. The van der Waals surface area contributed by atoms with Gasteiger partial charge in [-0.15, -0.1) is 0 Å². The number of nitrogens with zero attached hydrogens (tertiary/aromatic N) is 1. The van der Waals surface area contributed by atoms with E-state index in [1.54, 1.807) is 4.90 Å². The van der Waals surface area contributed by atoms with Crippen LogP contribution in [0.1, 0.15) is 32.1 Å². The maximum absolute atomic E-state index is 12.3. The summed E-state index contributed by atoms with van der Waals surface area (Å²) in [6, 6.07) is -0.103. The van der Waals surface area contributed by atoms with Crippen molar-refractivity contribution in [1.82, 2.24) is 10.2 Å². The Kier molecular flexibility index (Phi) is 4.61. The van der Waals surface area contributed by atoms with Gasteiger partial charge in [-0.05, 0) is 25.8 Å². The number of carbonyl (C=O) groups excluding carboxylic acids is 1. The molecule has 0 aromatic carbocycles. The van der Waals surface area contributed by atoms with E-state index in [-0.39, 0.29) is 23.5 Å². The van der Waals surface area contributed by atoms with Gasteiger partial charge in [-0.2, -0.15) is 0 Å². The van der Waals surface area contributed by atoms with Crippen molar-refractivity contribution in [2.24, 2.45) is 0 Å². The molecule has 2 fully saturated rings. The molecule has 1 unspecified atom stereocenters. The maximum Gasteiger partial charge on any atom is 0.239 e.